The van der Waals surface area contributed by atoms with Crippen molar-refractivity contribution in [3.63, 3.8) is 0 Å². The summed E-state index contributed by atoms with van der Waals surface area (Å²) in [5.74, 6) is -1.17. The molecule has 0 radical (unpaired) electrons. The number of benzene rings is 1. The average molecular weight is 261 g/mol. The lowest BCUT2D eigenvalue weighted by Gasteiger charge is -2.08. The van der Waals surface area contributed by atoms with Crippen molar-refractivity contribution < 1.29 is 18.7 Å². The highest BCUT2D eigenvalue weighted by Crippen LogP contribution is 2.23. The number of carbonyl (C=O) groups excluding carboxylic acids is 2. The van der Waals surface area contributed by atoms with Gasteiger partial charge in [-0.25, -0.2) is 0 Å². The minimum absolute atomic E-state index is 0.0493. The van der Waals surface area contributed by atoms with Crippen LogP contribution in [0.5, 0.6) is 0 Å². The van der Waals surface area contributed by atoms with E-state index in [1.807, 2.05) is 25.1 Å². The van der Waals surface area contributed by atoms with Gasteiger partial charge in [0.2, 0.25) is 0 Å². The van der Waals surface area contributed by atoms with Crippen molar-refractivity contribution in [1.29, 1.82) is 0 Å². The molecule has 1 atom stereocenters. The van der Waals surface area contributed by atoms with E-state index in [4.69, 9.17) is 14.9 Å². The molecule has 0 unspecified atom stereocenters. The van der Waals surface area contributed by atoms with Crippen LogP contribution in [0.2, 0.25) is 0 Å². The summed E-state index contributed by atoms with van der Waals surface area (Å²) in [6.45, 7) is 3.40. The van der Waals surface area contributed by atoms with Crippen molar-refractivity contribution in [3.8, 4) is 0 Å². The summed E-state index contributed by atoms with van der Waals surface area (Å²) in [6.07, 6.45) is 0.654. The molecule has 100 valence electrons. The highest BCUT2D eigenvalue weighted by molar-refractivity contribution is 5.87. The van der Waals surface area contributed by atoms with Crippen molar-refractivity contribution in [1.82, 2.24) is 0 Å². The van der Waals surface area contributed by atoms with Gasteiger partial charge in [-0.3, -0.25) is 9.59 Å². The fourth-order valence-electron chi connectivity index (χ4n) is 1.78. The van der Waals surface area contributed by atoms with Crippen LogP contribution < -0.4 is 5.73 Å². The monoisotopic (exact) mass is 261 g/mol. The molecule has 5 heteroatoms. The summed E-state index contributed by atoms with van der Waals surface area (Å²) >= 11 is 0. The van der Waals surface area contributed by atoms with Crippen LogP contribution in [0.3, 0.4) is 0 Å². The Hall–Kier alpha value is -2.30. The van der Waals surface area contributed by atoms with Gasteiger partial charge >= 0.3 is 5.97 Å². The molecule has 0 bridgehead atoms. The first-order valence-corrected chi connectivity index (χ1v) is 5.93. The van der Waals surface area contributed by atoms with Crippen LogP contribution >= 0.6 is 0 Å². The van der Waals surface area contributed by atoms with Crippen LogP contribution in [0.15, 0.2) is 28.9 Å². The summed E-state index contributed by atoms with van der Waals surface area (Å²) in [7, 11) is 0. The van der Waals surface area contributed by atoms with Crippen molar-refractivity contribution >= 4 is 22.8 Å². The molecule has 0 aliphatic carbocycles. The SMILES string of the molecule is Cc1ccc2c(CC(=O)O[C@H](C)C(N)=O)coc2c1. The number of amides is 1. The number of rotatable bonds is 4. The van der Waals surface area contributed by atoms with Crippen molar-refractivity contribution in [2.24, 2.45) is 5.73 Å². The molecule has 5 nitrogen and oxygen atoms in total. The first-order valence-electron chi connectivity index (χ1n) is 5.93. The zero-order valence-electron chi connectivity index (χ0n) is 10.8. The van der Waals surface area contributed by atoms with Crippen LogP contribution in [0.4, 0.5) is 0 Å². The van der Waals surface area contributed by atoms with Gasteiger partial charge in [0.1, 0.15) is 5.58 Å². The standard InChI is InChI=1S/C14H15NO4/c1-8-3-4-11-10(7-18-12(11)5-8)6-13(16)19-9(2)14(15)17/h3-5,7,9H,6H2,1-2H3,(H2,15,17)/t9-/m1/s1. The van der Waals surface area contributed by atoms with E-state index in [2.05, 4.69) is 0 Å². The van der Waals surface area contributed by atoms with Gasteiger partial charge < -0.3 is 14.9 Å². The maximum Gasteiger partial charge on any atom is 0.311 e. The quantitative estimate of drug-likeness (QED) is 0.849. The third-order valence-corrected chi connectivity index (χ3v) is 2.85. The maximum absolute atomic E-state index is 11.7. The molecular weight excluding hydrogens is 246 g/mol. The first kappa shape index (κ1) is 13.1. The topological polar surface area (TPSA) is 82.5 Å². The number of hydrogen-bond donors (Lipinski definition) is 1. The fourth-order valence-corrected chi connectivity index (χ4v) is 1.78. The number of hydrogen-bond acceptors (Lipinski definition) is 4. The molecule has 0 aliphatic heterocycles. The van der Waals surface area contributed by atoms with E-state index in [-0.39, 0.29) is 6.42 Å². The van der Waals surface area contributed by atoms with E-state index in [9.17, 15) is 9.59 Å². The summed E-state index contributed by atoms with van der Waals surface area (Å²) in [5.41, 5.74) is 7.57. The molecule has 1 amide bonds. The smallest absolute Gasteiger partial charge is 0.311 e. The number of carbonyl (C=O) groups is 2. The van der Waals surface area contributed by atoms with Gasteiger partial charge in [-0.1, -0.05) is 12.1 Å². The van der Waals surface area contributed by atoms with E-state index in [1.165, 1.54) is 13.2 Å². The van der Waals surface area contributed by atoms with E-state index < -0.39 is 18.0 Å². The Balaban J connectivity index is 2.13. The van der Waals surface area contributed by atoms with E-state index >= 15 is 0 Å². The lowest BCUT2D eigenvalue weighted by atomic mass is 10.1. The normalized spacial score (nSPS) is 12.3. The second-order valence-electron chi connectivity index (χ2n) is 4.47. The Bertz CT molecular complexity index is 629. The second kappa shape index (κ2) is 5.14. The van der Waals surface area contributed by atoms with Crippen molar-refractivity contribution in [2.45, 2.75) is 26.4 Å². The lowest BCUT2D eigenvalue weighted by Crippen LogP contribution is -2.30. The number of primary amides is 1. The number of esters is 1. The van der Waals surface area contributed by atoms with E-state index in [0.29, 0.717) is 0 Å². The Morgan fingerprint density at radius 2 is 2.16 bits per heavy atom. The van der Waals surface area contributed by atoms with Gasteiger partial charge in [0, 0.05) is 10.9 Å². The Labute approximate surface area is 110 Å². The van der Waals surface area contributed by atoms with Crippen LogP contribution in [-0.4, -0.2) is 18.0 Å². The van der Waals surface area contributed by atoms with Crippen LogP contribution in [0.1, 0.15) is 18.1 Å². The molecular formula is C14H15NO4. The number of nitrogens with two attached hydrogens (primary N) is 1. The van der Waals surface area contributed by atoms with Crippen LogP contribution in [-0.2, 0) is 20.7 Å². The maximum atomic E-state index is 11.7. The number of aryl methyl sites for hydroxylation is 1. The van der Waals surface area contributed by atoms with Gasteiger partial charge in [-0.05, 0) is 25.5 Å². The van der Waals surface area contributed by atoms with Gasteiger partial charge in [0.05, 0.1) is 12.7 Å². The zero-order valence-corrected chi connectivity index (χ0v) is 10.8. The third kappa shape index (κ3) is 2.93. The van der Waals surface area contributed by atoms with Gasteiger partial charge in [0.15, 0.2) is 6.10 Å². The molecule has 0 fully saturated rings. The zero-order chi connectivity index (χ0) is 14.0. The first-order chi connectivity index (χ1) is 8.97. The van der Waals surface area contributed by atoms with Gasteiger partial charge in [-0.2, -0.15) is 0 Å². The predicted octanol–water partition coefficient (Wildman–Crippen LogP) is 1.70. The Morgan fingerprint density at radius 1 is 1.42 bits per heavy atom. The van der Waals surface area contributed by atoms with E-state index in [1.54, 1.807) is 0 Å². The number of ether oxygens (including phenoxy) is 1. The van der Waals surface area contributed by atoms with Crippen molar-refractivity contribution in [3.05, 3.63) is 35.6 Å². The Morgan fingerprint density at radius 3 is 2.84 bits per heavy atom. The van der Waals surface area contributed by atoms with Crippen LogP contribution in [0, 0.1) is 6.92 Å². The minimum Gasteiger partial charge on any atom is -0.464 e. The molecule has 0 spiro atoms. The fraction of sp³-hybridized carbons (Fsp3) is 0.286. The molecule has 0 saturated carbocycles. The molecule has 0 saturated heterocycles. The van der Waals surface area contributed by atoms with Crippen molar-refractivity contribution in [2.75, 3.05) is 0 Å². The third-order valence-electron chi connectivity index (χ3n) is 2.85. The summed E-state index contributed by atoms with van der Waals surface area (Å²) < 4.78 is 10.3. The molecule has 1 aromatic carbocycles. The molecule has 2 rings (SSSR count). The number of fused-ring (bicyclic) bond motifs is 1. The predicted molar refractivity (Wildman–Crippen MR) is 69.4 cm³/mol. The number of furan rings is 1. The molecule has 2 aromatic rings. The second-order valence-corrected chi connectivity index (χ2v) is 4.47. The molecule has 0 aliphatic rings. The molecule has 1 aromatic heterocycles. The van der Waals surface area contributed by atoms with E-state index in [0.717, 1.165) is 22.1 Å². The van der Waals surface area contributed by atoms with Gasteiger partial charge in [0.25, 0.3) is 5.91 Å². The Kier molecular flexibility index (Phi) is 3.55. The largest absolute Gasteiger partial charge is 0.464 e. The molecule has 2 N–H and O–H groups in total. The van der Waals surface area contributed by atoms with Gasteiger partial charge in [-0.15, -0.1) is 0 Å². The molecule has 19 heavy (non-hydrogen) atoms. The highest BCUT2D eigenvalue weighted by atomic mass is 16.5. The lowest BCUT2D eigenvalue weighted by molar-refractivity contribution is -0.153. The van der Waals surface area contributed by atoms with Crippen LogP contribution in [0.25, 0.3) is 11.0 Å². The minimum atomic E-state index is -0.923. The summed E-state index contributed by atoms with van der Waals surface area (Å²) in [6, 6.07) is 5.74. The average Bonchev–Trinajstić information content (AvgIpc) is 2.71. The summed E-state index contributed by atoms with van der Waals surface area (Å²) in [4.78, 5) is 22.5. The highest BCUT2D eigenvalue weighted by Gasteiger charge is 2.17. The summed E-state index contributed by atoms with van der Waals surface area (Å²) in [5, 5.41) is 0.870. The molecule has 1 heterocycles.